The Morgan fingerprint density at radius 2 is 1.91 bits per heavy atom. The van der Waals surface area contributed by atoms with Gasteiger partial charge in [0.15, 0.2) is 10.9 Å². The zero-order chi connectivity index (χ0) is 15.7. The van der Waals surface area contributed by atoms with Crippen LogP contribution in [0.3, 0.4) is 0 Å². The number of fused-ring (bicyclic) bond motifs is 2. The number of aryl methyl sites for hydroxylation is 1. The average Bonchev–Trinajstić information content (AvgIpc) is 3.03. The minimum Gasteiger partial charge on any atom is -0.375 e. The van der Waals surface area contributed by atoms with E-state index >= 15 is 0 Å². The number of thiazole rings is 1. The number of aromatic nitrogens is 1. The molecule has 0 atom stereocenters. The van der Waals surface area contributed by atoms with Crippen LogP contribution in [-0.4, -0.2) is 10.7 Å². The Bertz CT molecular complexity index is 858. The van der Waals surface area contributed by atoms with Crippen molar-refractivity contribution in [1.29, 1.82) is 5.41 Å². The highest BCUT2D eigenvalue weighted by atomic mass is 32.1. The molecule has 0 bridgehead atoms. The number of rotatable bonds is 0. The summed E-state index contributed by atoms with van der Waals surface area (Å²) in [5, 5.41) is 7.78. The van der Waals surface area contributed by atoms with Gasteiger partial charge in [-0.15, -0.1) is 0 Å². The van der Waals surface area contributed by atoms with Gasteiger partial charge in [-0.05, 0) is 30.0 Å². The van der Waals surface area contributed by atoms with E-state index in [1.54, 1.807) is 0 Å². The second kappa shape index (κ2) is 5.81. The maximum absolute atomic E-state index is 12.9. The van der Waals surface area contributed by atoms with Gasteiger partial charge in [0.05, 0.1) is 4.70 Å². The minimum atomic E-state index is -0.669. The summed E-state index contributed by atoms with van der Waals surface area (Å²) in [6.45, 7) is 0. The molecule has 1 aromatic heterocycles. The maximum atomic E-state index is 12.9. The lowest BCUT2D eigenvalue weighted by molar-refractivity contribution is 0.591. The highest BCUT2D eigenvalue weighted by molar-refractivity contribution is 7.22. The third kappa shape index (κ3) is 2.82. The standard InChI is InChI=1S/C9H9N.C7H4F2N2S/c10-9-6-5-7-3-1-2-4-8(7)9;8-3-1-4(9)6-5(2-3)12-7(10)11-6/h1-4,10H,5-6H2;1-2H,(H2,10,11). The fraction of sp³-hybridized carbons (Fsp3) is 0.125. The molecule has 0 saturated heterocycles. The first-order valence-electron chi connectivity index (χ1n) is 6.71. The second-order valence-corrected chi connectivity index (χ2v) is 5.98. The van der Waals surface area contributed by atoms with Crippen LogP contribution in [0.15, 0.2) is 36.4 Å². The second-order valence-electron chi connectivity index (χ2n) is 4.92. The summed E-state index contributed by atoms with van der Waals surface area (Å²) in [5.41, 5.74) is 8.76. The molecule has 3 aromatic rings. The number of nitrogen functional groups attached to an aromatic ring is 1. The van der Waals surface area contributed by atoms with Gasteiger partial charge in [0.2, 0.25) is 0 Å². The number of nitrogens with one attached hydrogen (secondary N) is 1. The van der Waals surface area contributed by atoms with Crippen LogP contribution >= 0.6 is 11.3 Å². The van der Waals surface area contributed by atoms with Crippen LogP contribution in [0.2, 0.25) is 0 Å². The van der Waals surface area contributed by atoms with Crippen molar-refractivity contribution >= 4 is 32.4 Å². The molecule has 3 nitrogen and oxygen atoms in total. The van der Waals surface area contributed by atoms with Crippen LogP contribution < -0.4 is 5.73 Å². The zero-order valence-corrected chi connectivity index (χ0v) is 12.4. The molecular formula is C16H13F2N3S. The van der Waals surface area contributed by atoms with E-state index in [9.17, 15) is 8.78 Å². The van der Waals surface area contributed by atoms with E-state index in [4.69, 9.17) is 11.1 Å². The molecule has 0 unspecified atom stereocenters. The highest BCUT2D eigenvalue weighted by Crippen LogP contribution is 2.26. The van der Waals surface area contributed by atoms with Crippen molar-refractivity contribution < 1.29 is 8.78 Å². The largest absolute Gasteiger partial charge is 0.375 e. The van der Waals surface area contributed by atoms with Gasteiger partial charge in [-0.25, -0.2) is 13.8 Å². The van der Waals surface area contributed by atoms with Crippen LogP contribution in [0, 0.1) is 17.0 Å². The minimum absolute atomic E-state index is 0.138. The number of hydrogen-bond donors (Lipinski definition) is 2. The summed E-state index contributed by atoms with van der Waals surface area (Å²) in [4.78, 5) is 3.71. The summed E-state index contributed by atoms with van der Waals surface area (Å²) in [7, 11) is 0. The Morgan fingerprint density at radius 3 is 2.68 bits per heavy atom. The highest BCUT2D eigenvalue weighted by Gasteiger charge is 2.13. The summed E-state index contributed by atoms with van der Waals surface area (Å²) in [6.07, 6.45) is 1.99. The molecule has 4 rings (SSSR count). The van der Waals surface area contributed by atoms with Gasteiger partial charge in [0.1, 0.15) is 11.3 Å². The van der Waals surface area contributed by atoms with Crippen LogP contribution in [0.25, 0.3) is 10.2 Å². The lowest BCUT2D eigenvalue weighted by Crippen LogP contribution is -1.89. The van der Waals surface area contributed by atoms with E-state index < -0.39 is 11.6 Å². The van der Waals surface area contributed by atoms with Crippen molar-refractivity contribution in [2.24, 2.45) is 0 Å². The van der Waals surface area contributed by atoms with Crippen molar-refractivity contribution in [3.63, 3.8) is 0 Å². The Balaban J connectivity index is 0.000000133. The van der Waals surface area contributed by atoms with Gasteiger partial charge in [0.25, 0.3) is 0 Å². The molecule has 0 fully saturated rings. The molecule has 0 saturated carbocycles. The molecule has 1 aliphatic carbocycles. The van der Waals surface area contributed by atoms with E-state index in [2.05, 4.69) is 11.1 Å². The van der Waals surface area contributed by atoms with Crippen molar-refractivity contribution in [3.8, 4) is 0 Å². The normalized spacial score (nSPS) is 12.9. The summed E-state index contributed by atoms with van der Waals surface area (Å²) in [5.74, 6) is -1.28. The summed E-state index contributed by atoms with van der Waals surface area (Å²) >= 11 is 1.07. The third-order valence-corrected chi connectivity index (χ3v) is 4.25. The molecule has 0 radical (unpaired) electrons. The van der Waals surface area contributed by atoms with Crippen LogP contribution in [-0.2, 0) is 6.42 Å². The monoisotopic (exact) mass is 317 g/mol. The molecule has 6 heteroatoms. The van der Waals surface area contributed by atoms with Gasteiger partial charge in [-0.1, -0.05) is 35.6 Å². The predicted molar refractivity (Wildman–Crippen MR) is 85.5 cm³/mol. The van der Waals surface area contributed by atoms with Crippen molar-refractivity contribution in [1.82, 2.24) is 4.98 Å². The number of nitrogens with zero attached hydrogens (tertiary/aromatic N) is 1. The van der Waals surface area contributed by atoms with Crippen LogP contribution in [0.5, 0.6) is 0 Å². The van der Waals surface area contributed by atoms with E-state index in [0.717, 1.165) is 41.5 Å². The fourth-order valence-corrected chi connectivity index (χ4v) is 3.17. The number of anilines is 1. The molecule has 22 heavy (non-hydrogen) atoms. The zero-order valence-electron chi connectivity index (χ0n) is 11.6. The first-order valence-corrected chi connectivity index (χ1v) is 7.53. The first kappa shape index (κ1) is 14.6. The predicted octanol–water partition coefficient (Wildman–Crippen LogP) is 4.16. The molecule has 0 aliphatic heterocycles. The van der Waals surface area contributed by atoms with Crippen LogP contribution in [0.1, 0.15) is 17.5 Å². The van der Waals surface area contributed by atoms with Crippen molar-refractivity contribution in [3.05, 3.63) is 59.2 Å². The number of nitrogens with two attached hydrogens (primary N) is 1. The van der Waals surface area contributed by atoms with Gasteiger partial charge in [0, 0.05) is 11.8 Å². The molecule has 1 aliphatic rings. The molecule has 112 valence electrons. The lowest BCUT2D eigenvalue weighted by Gasteiger charge is -1.94. The number of hydrogen-bond acceptors (Lipinski definition) is 4. The van der Waals surface area contributed by atoms with E-state index in [1.807, 2.05) is 18.2 Å². The first-order chi connectivity index (χ1) is 10.5. The van der Waals surface area contributed by atoms with Gasteiger partial charge in [-0.2, -0.15) is 0 Å². The number of benzene rings is 2. The van der Waals surface area contributed by atoms with Crippen molar-refractivity contribution in [2.75, 3.05) is 5.73 Å². The molecule has 0 spiro atoms. The Morgan fingerprint density at radius 1 is 1.14 bits per heavy atom. The van der Waals surface area contributed by atoms with E-state index in [1.165, 1.54) is 11.6 Å². The van der Waals surface area contributed by atoms with Crippen molar-refractivity contribution in [2.45, 2.75) is 12.8 Å². The maximum Gasteiger partial charge on any atom is 0.181 e. The van der Waals surface area contributed by atoms with E-state index in [0.29, 0.717) is 4.70 Å². The van der Waals surface area contributed by atoms with Gasteiger partial charge >= 0.3 is 0 Å². The average molecular weight is 317 g/mol. The van der Waals surface area contributed by atoms with Crippen LogP contribution in [0.4, 0.5) is 13.9 Å². The van der Waals surface area contributed by atoms with E-state index in [-0.39, 0.29) is 10.6 Å². The quantitative estimate of drug-likeness (QED) is 0.654. The molecule has 1 heterocycles. The SMILES string of the molecule is N=C1CCc2ccccc21.Nc1nc2c(F)cc(F)cc2s1. The molecule has 2 aromatic carbocycles. The summed E-state index contributed by atoms with van der Waals surface area (Å²) in [6, 6.07) is 10.2. The third-order valence-electron chi connectivity index (χ3n) is 3.42. The molecule has 0 amide bonds. The summed E-state index contributed by atoms with van der Waals surface area (Å²) < 4.78 is 25.9. The number of halogens is 2. The Kier molecular flexibility index (Phi) is 3.85. The smallest absolute Gasteiger partial charge is 0.181 e. The van der Waals surface area contributed by atoms with Gasteiger partial charge in [-0.3, -0.25) is 0 Å². The Labute approximate surface area is 129 Å². The fourth-order valence-electron chi connectivity index (χ4n) is 2.40. The lowest BCUT2D eigenvalue weighted by atomic mass is 10.1. The molecule has 3 N–H and O–H groups in total. The topological polar surface area (TPSA) is 62.8 Å². The Hall–Kier alpha value is -2.34. The van der Waals surface area contributed by atoms with Gasteiger partial charge < -0.3 is 11.1 Å². The molecular weight excluding hydrogens is 304 g/mol.